The smallest absolute Gasteiger partial charge is 0.161 e. The molecule has 2 rings (SSSR count). The molecule has 1 aromatic rings. The van der Waals surface area contributed by atoms with Crippen molar-refractivity contribution in [2.24, 2.45) is 0 Å². The van der Waals surface area contributed by atoms with Crippen molar-refractivity contribution in [3.05, 3.63) is 54.0 Å². The zero-order valence-corrected chi connectivity index (χ0v) is 11.8. The summed E-state index contributed by atoms with van der Waals surface area (Å²) in [6.45, 7) is 0.606. The zero-order valence-electron chi connectivity index (χ0n) is 11.1. The fourth-order valence-electron chi connectivity index (χ4n) is 1.95. The van der Waals surface area contributed by atoms with E-state index in [0.717, 1.165) is 24.3 Å². The molecule has 0 unspecified atom stereocenters. The lowest BCUT2D eigenvalue weighted by atomic mass is 9.92. The van der Waals surface area contributed by atoms with E-state index < -0.39 is 0 Å². The van der Waals surface area contributed by atoms with Crippen molar-refractivity contribution in [3.63, 3.8) is 0 Å². The Bertz CT molecular complexity index is 466. The fourth-order valence-corrected chi connectivity index (χ4v) is 2.06. The van der Waals surface area contributed by atoms with Crippen LogP contribution in [0.15, 0.2) is 42.5 Å². The number of rotatable bonds is 6. The maximum Gasteiger partial charge on any atom is 0.161 e. The highest BCUT2D eigenvalue weighted by Gasteiger charge is 2.13. The minimum atomic E-state index is 0.604. The summed E-state index contributed by atoms with van der Waals surface area (Å²) in [6, 6.07) is 6.04. The van der Waals surface area contributed by atoms with Gasteiger partial charge in [-0.2, -0.15) is 0 Å². The van der Waals surface area contributed by atoms with Gasteiger partial charge in [0.25, 0.3) is 0 Å². The van der Waals surface area contributed by atoms with E-state index in [-0.39, 0.29) is 0 Å². The molecular weight excluding hydrogens is 260 g/mol. The van der Waals surface area contributed by atoms with Gasteiger partial charge in [-0.1, -0.05) is 30.4 Å². The molecule has 0 fully saturated rings. The predicted molar refractivity (Wildman–Crippen MR) is 79.1 cm³/mol. The maximum absolute atomic E-state index is 5.74. The number of halogens is 1. The lowest BCUT2D eigenvalue weighted by Gasteiger charge is -2.16. The summed E-state index contributed by atoms with van der Waals surface area (Å²) in [5, 5.41) is 0. The highest BCUT2D eigenvalue weighted by molar-refractivity contribution is 6.17. The van der Waals surface area contributed by atoms with Crippen molar-refractivity contribution >= 4 is 11.6 Å². The second-order valence-electron chi connectivity index (χ2n) is 4.27. The molecule has 3 heteroatoms. The fraction of sp³-hybridized carbons (Fsp3) is 0.312. The van der Waals surface area contributed by atoms with Gasteiger partial charge in [-0.15, -0.1) is 11.6 Å². The molecule has 0 spiro atoms. The number of benzene rings is 1. The molecule has 0 bridgehead atoms. The first kappa shape index (κ1) is 14.0. The van der Waals surface area contributed by atoms with Gasteiger partial charge in [-0.3, -0.25) is 0 Å². The predicted octanol–water partition coefficient (Wildman–Crippen LogP) is 4.14. The Morgan fingerprint density at radius 1 is 1.21 bits per heavy atom. The highest BCUT2D eigenvalue weighted by Crippen LogP contribution is 2.33. The first-order chi connectivity index (χ1) is 9.35. The van der Waals surface area contributed by atoms with Gasteiger partial charge in [0.15, 0.2) is 11.5 Å². The average molecular weight is 278 g/mol. The summed E-state index contributed by atoms with van der Waals surface area (Å²) in [7, 11) is 1.65. The lowest BCUT2D eigenvalue weighted by Crippen LogP contribution is -2.03. The third-order valence-corrected chi connectivity index (χ3v) is 3.22. The number of hydrogen-bond acceptors (Lipinski definition) is 2. The normalized spacial score (nSPS) is 14.6. The van der Waals surface area contributed by atoms with Crippen molar-refractivity contribution in [1.82, 2.24) is 0 Å². The van der Waals surface area contributed by atoms with Crippen LogP contribution in [-0.4, -0.2) is 19.6 Å². The van der Waals surface area contributed by atoms with Crippen LogP contribution in [-0.2, 0) is 0 Å². The zero-order chi connectivity index (χ0) is 13.5. The van der Waals surface area contributed by atoms with E-state index in [4.69, 9.17) is 21.1 Å². The molecule has 0 N–H and O–H groups in total. The molecule has 1 aromatic carbocycles. The van der Waals surface area contributed by atoms with Crippen LogP contribution in [0.3, 0.4) is 0 Å². The van der Waals surface area contributed by atoms with Crippen LogP contribution in [0.25, 0.3) is 0 Å². The Morgan fingerprint density at radius 2 is 2.11 bits per heavy atom. The SMILES string of the molecule is COc1ccc([C]2C=CC=CC2)cc1OCCCCl. The molecule has 2 nitrogen and oxygen atoms in total. The molecule has 1 aliphatic rings. The van der Waals surface area contributed by atoms with Gasteiger partial charge in [0.1, 0.15) is 0 Å². The van der Waals surface area contributed by atoms with Gasteiger partial charge in [0.05, 0.1) is 13.7 Å². The molecule has 19 heavy (non-hydrogen) atoms. The van der Waals surface area contributed by atoms with Crippen LogP contribution in [0.1, 0.15) is 18.4 Å². The molecule has 0 atom stereocenters. The van der Waals surface area contributed by atoms with Gasteiger partial charge in [-0.05, 0) is 30.5 Å². The Hall–Kier alpha value is -1.41. The van der Waals surface area contributed by atoms with Gasteiger partial charge in [0.2, 0.25) is 0 Å². The van der Waals surface area contributed by atoms with E-state index in [1.807, 2.05) is 12.1 Å². The molecule has 0 aliphatic heterocycles. The first-order valence-electron chi connectivity index (χ1n) is 6.41. The summed E-state index contributed by atoms with van der Waals surface area (Å²) < 4.78 is 11.1. The van der Waals surface area contributed by atoms with Crippen LogP contribution in [0.5, 0.6) is 11.5 Å². The van der Waals surface area contributed by atoms with Gasteiger partial charge in [0, 0.05) is 11.8 Å². The van der Waals surface area contributed by atoms with E-state index in [1.54, 1.807) is 7.11 Å². The number of hydrogen-bond donors (Lipinski definition) is 0. The molecule has 0 aromatic heterocycles. The van der Waals surface area contributed by atoms with Crippen molar-refractivity contribution in [2.45, 2.75) is 12.8 Å². The van der Waals surface area contributed by atoms with E-state index in [0.29, 0.717) is 12.5 Å². The van der Waals surface area contributed by atoms with Crippen LogP contribution in [0, 0.1) is 5.92 Å². The van der Waals surface area contributed by atoms with Gasteiger partial charge < -0.3 is 9.47 Å². The van der Waals surface area contributed by atoms with Gasteiger partial charge >= 0.3 is 0 Å². The summed E-state index contributed by atoms with van der Waals surface area (Å²) in [6.07, 6.45) is 10.2. The number of allylic oxidation sites excluding steroid dienone is 4. The van der Waals surface area contributed by atoms with E-state index in [9.17, 15) is 0 Å². The Morgan fingerprint density at radius 3 is 2.79 bits per heavy atom. The second kappa shape index (κ2) is 7.25. The Balaban J connectivity index is 2.14. The number of methoxy groups -OCH3 is 1. The van der Waals surface area contributed by atoms with Crippen molar-refractivity contribution in [2.75, 3.05) is 19.6 Å². The molecule has 0 saturated heterocycles. The van der Waals surface area contributed by atoms with E-state index in [1.165, 1.54) is 11.5 Å². The molecule has 0 heterocycles. The third kappa shape index (κ3) is 3.77. The number of ether oxygens (including phenoxy) is 2. The molecular formula is C16H18ClO2. The van der Waals surface area contributed by atoms with Crippen molar-refractivity contribution in [3.8, 4) is 11.5 Å². The van der Waals surface area contributed by atoms with Crippen molar-refractivity contribution < 1.29 is 9.47 Å². The van der Waals surface area contributed by atoms with Crippen molar-refractivity contribution in [1.29, 1.82) is 0 Å². The highest BCUT2D eigenvalue weighted by atomic mass is 35.5. The quantitative estimate of drug-likeness (QED) is 0.575. The van der Waals surface area contributed by atoms with Gasteiger partial charge in [-0.25, -0.2) is 0 Å². The second-order valence-corrected chi connectivity index (χ2v) is 4.65. The summed E-state index contributed by atoms with van der Waals surface area (Å²) >= 11 is 5.66. The van der Waals surface area contributed by atoms with Crippen LogP contribution >= 0.6 is 11.6 Å². The Kier molecular flexibility index (Phi) is 5.34. The standard InChI is InChI=1S/C16H18ClO2/c1-18-15-9-8-14(13-6-3-2-4-7-13)12-16(15)19-11-5-10-17/h2-4,6,8-9,12H,5,7,10-11H2,1H3. The monoisotopic (exact) mass is 277 g/mol. The molecule has 1 radical (unpaired) electrons. The first-order valence-corrected chi connectivity index (χ1v) is 6.95. The topological polar surface area (TPSA) is 18.5 Å². The largest absolute Gasteiger partial charge is 0.493 e. The average Bonchev–Trinajstić information content (AvgIpc) is 2.48. The third-order valence-electron chi connectivity index (χ3n) is 2.95. The Labute approximate surface area is 119 Å². The van der Waals surface area contributed by atoms with Crippen LogP contribution < -0.4 is 9.47 Å². The molecule has 0 saturated carbocycles. The summed E-state index contributed by atoms with van der Waals surface area (Å²) in [5.74, 6) is 3.43. The molecule has 1 aliphatic carbocycles. The van der Waals surface area contributed by atoms with Crippen LogP contribution in [0.4, 0.5) is 0 Å². The summed E-state index contributed by atoms with van der Waals surface area (Å²) in [4.78, 5) is 0. The lowest BCUT2D eigenvalue weighted by molar-refractivity contribution is 0.295. The van der Waals surface area contributed by atoms with Crippen LogP contribution in [0.2, 0.25) is 0 Å². The van der Waals surface area contributed by atoms with E-state index >= 15 is 0 Å². The minimum Gasteiger partial charge on any atom is -0.493 e. The summed E-state index contributed by atoms with van der Waals surface area (Å²) in [5.41, 5.74) is 1.17. The molecule has 101 valence electrons. The molecule has 0 amide bonds. The number of alkyl halides is 1. The maximum atomic E-state index is 5.74. The van der Waals surface area contributed by atoms with E-state index in [2.05, 4.69) is 30.4 Å². The minimum absolute atomic E-state index is 0.604.